The Labute approximate surface area is 399 Å². The summed E-state index contributed by atoms with van der Waals surface area (Å²) in [7, 11) is 1.46. The Balaban J connectivity index is 4.18. The van der Waals surface area contributed by atoms with E-state index in [0.717, 1.165) is 96.3 Å². The Hall–Kier alpha value is -2.55. The number of hydrogen-bond acceptors (Lipinski definition) is 7. The van der Waals surface area contributed by atoms with Crippen molar-refractivity contribution in [1.29, 1.82) is 0 Å². The number of phosphoric ester groups is 1. The van der Waals surface area contributed by atoms with Gasteiger partial charge in [0, 0.05) is 12.8 Å². The quantitative estimate of drug-likeness (QED) is 0.0211. The number of unbranched alkanes of at least 4 members (excludes halogenated alkanes) is 21. The summed E-state index contributed by atoms with van der Waals surface area (Å²) < 4.78 is 34.4. The van der Waals surface area contributed by atoms with Crippen LogP contribution >= 0.6 is 7.82 Å². The zero-order valence-corrected chi connectivity index (χ0v) is 43.3. The molecule has 65 heavy (non-hydrogen) atoms. The molecule has 0 aliphatic carbocycles. The molecule has 0 heterocycles. The summed E-state index contributed by atoms with van der Waals surface area (Å²) in [4.78, 5) is 35.5. The van der Waals surface area contributed by atoms with Gasteiger partial charge in [0.2, 0.25) is 0 Å². The molecule has 9 nitrogen and oxygen atoms in total. The van der Waals surface area contributed by atoms with E-state index < -0.39 is 26.5 Å². The van der Waals surface area contributed by atoms with E-state index in [9.17, 15) is 19.0 Å². The molecule has 2 unspecified atom stereocenters. The van der Waals surface area contributed by atoms with Gasteiger partial charge in [-0.3, -0.25) is 18.6 Å². The molecular weight excluding hydrogens is 834 g/mol. The van der Waals surface area contributed by atoms with Crippen LogP contribution in [-0.2, 0) is 32.7 Å². The number of hydrogen-bond donors (Lipinski definition) is 1. The molecule has 0 bridgehead atoms. The molecule has 1 N–H and O–H groups in total. The molecule has 0 amide bonds. The van der Waals surface area contributed by atoms with E-state index >= 15 is 0 Å². The van der Waals surface area contributed by atoms with E-state index in [2.05, 4.69) is 86.8 Å². The van der Waals surface area contributed by atoms with Crippen molar-refractivity contribution < 1.29 is 42.1 Å². The lowest BCUT2D eigenvalue weighted by Crippen LogP contribution is -2.37. The molecule has 0 aromatic rings. The van der Waals surface area contributed by atoms with Gasteiger partial charge in [-0.1, -0.05) is 196 Å². The third kappa shape index (κ3) is 50.7. The van der Waals surface area contributed by atoms with E-state index in [4.69, 9.17) is 18.5 Å². The fourth-order valence-corrected chi connectivity index (χ4v) is 7.65. The van der Waals surface area contributed by atoms with E-state index in [1.165, 1.54) is 83.5 Å². The molecule has 0 aliphatic rings. The predicted octanol–water partition coefficient (Wildman–Crippen LogP) is 15.8. The Morgan fingerprint density at radius 1 is 0.492 bits per heavy atom. The molecule has 0 spiro atoms. The molecule has 376 valence electrons. The number of quaternary nitrogens is 1. The predicted molar refractivity (Wildman–Crippen MR) is 275 cm³/mol. The van der Waals surface area contributed by atoms with Crippen molar-refractivity contribution in [2.24, 2.45) is 0 Å². The lowest BCUT2D eigenvalue weighted by molar-refractivity contribution is -0.870. The molecule has 0 rings (SSSR count). The van der Waals surface area contributed by atoms with Gasteiger partial charge in [-0.05, 0) is 77.0 Å². The third-order valence-corrected chi connectivity index (χ3v) is 12.0. The Morgan fingerprint density at radius 3 is 1.31 bits per heavy atom. The van der Waals surface area contributed by atoms with Crippen LogP contribution in [0.1, 0.15) is 213 Å². The van der Waals surface area contributed by atoms with Gasteiger partial charge in [-0.15, -0.1) is 0 Å². The average Bonchev–Trinajstić information content (AvgIpc) is 3.26. The maximum absolute atomic E-state index is 12.8. The molecule has 0 radical (unpaired) electrons. The highest BCUT2D eigenvalue weighted by atomic mass is 31.2. The third-order valence-electron chi connectivity index (χ3n) is 11.0. The second kappa shape index (κ2) is 46.6. The zero-order chi connectivity index (χ0) is 47.8. The van der Waals surface area contributed by atoms with Gasteiger partial charge < -0.3 is 18.9 Å². The van der Waals surface area contributed by atoms with Gasteiger partial charge in [-0.25, -0.2) is 4.57 Å². The Kier molecular flexibility index (Phi) is 44.7. The number of esters is 2. The van der Waals surface area contributed by atoms with Crippen LogP contribution in [0.15, 0.2) is 72.9 Å². The smallest absolute Gasteiger partial charge is 0.462 e. The van der Waals surface area contributed by atoms with E-state index in [1.807, 2.05) is 21.1 Å². The minimum atomic E-state index is -4.39. The molecule has 2 atom stereocenters. The largest absolute Gasteiger partial charge is 0.472 e. The summed E-state index contributed by atoms with van der Waals surface area (Å²) in [6, 6.07) is 0. The van der Waals surface area contributed by atoms with Gasteiger partial charge in [0.15, 0.2) is 6.10 Å². The summed E-state index contributed by atoms with van der Waals surface area (Å²) in [5.74, 6) is -0.815. The number of phosphoric acid groups is 1. The van der Waals surface area contributed by atoms with Crippen LogP contribution in [0.3, 0.4) is 0 Å². The second-order valence-corrected chi connectivity index (χ2v) is 20.0. The fourth-order valence-electron chi connectivity index (χ4n) is 6.90. The number of rotatable bonds is 47. The van der Waals surface area contributed by atoms with Gasteiger partial charge in [-0.2, -0.15) is 0 Å². The molecular formula is C55H99NO8P+. The van der Waals surface area contributed by atoms with Gasteiger partial charge in [0.25, 0.3) is 0 Å². The number of nitrogens with zero attached hydrogens (tertiary/aromatic N) is 1. The first-order chi connectivity index (χ1) is 31.5. The van der Waals surface area contributed by atoms with Crippen LogP contribution in [0, 0.1) is 0 Å². The normalized spacial score (nSPS) is 14.0. The van der Waals surface area contributed by atoms with Crippen molar-refractivity contribution in [2.45, 2.75) is 219 Å². The lowest BCUT2D eigenvalue weighted by atomic mass is 10.0. The summed E-state index contributed by atoms with van der Waals surface area (Å²) in [6.07, 6.45) is 59.6. The van der Waals surface area contributed by atoms with Gasteiger partial charge >= 0.3 is 19.8 Å². The topological polar surface area (TPSA) is 108 Å². The second-order valence-electron chi connectivity index (χ2n) is 18.5. The summed E-state index contributed by atoms with van der Waals surface area (Å²) in [5.41, 5.74) is 0. The summed E-state index contributed by atoms with van der Waals surface area (Å²) >= 11 is 0. The van der Waals surface area contributed by atoms with Crippen LogP contribution in [-0.4, -0.2) is 74.9 Å². The monoisotopic (exact) mass is 933 g/mol. The van der Waals surface area contributed by atoms with Crippen molar-refractivity contribution in [2.75, 3.05) is 47.5 Å². The molecule has 0 saturated carbocycles. The lowest BCUT2D eigenvalue weighted by Gasteiger charge is -2.24. The van der Waals surface area contributed by atoms with Crippen molar-refractivity contribution >= 4 is 19.8 Å². The van der Waals surface area contributed by atoms with Gasteiger partial charge in [0.05, 0.1) is 27.7 Å². The minimum Gasteiger partial charge on any atom is -0.462 e. The van der Waals surface area contributed by atoms with Crippen LogP contribution in [0.5, 0.6) is 0 Å². The van der Waals surface area contributed by atoms with Crippen LogP contribution in [0.25, 0.3) is 0 Å². The highest BCUT2D eigenvalue weighted by Crippen LogP contribution is 2.43. The highest BCUT2D eigenvalue weighted by Gasteiger charge is 2.27. The number of ether oxygens (including phenoxy) is 2. The van der Waals surface area contributed by atoms with Crippen molar-refractivity contribution in [3.05, 3.63) is 72.9 Å². The van der Waals surface area contributed by atoms with Crippen LogP contribution in [0.4, 0.5) is 0 Å². The maximum Gasteiger partial charge on any atom is 0.472 e. The first-order valence-electron chi connectivity index (χ1n) is 26.2. The molecule has 0 aromatic heterocycles. The van der Waals surface area contributed by atoms with E-state index in [0.29, 0.717) is 17.4 Å². The number of likely N-dealkylation sites (N-methyl/N-ethyl adjacent to an activating group) is 1. The Morgan fingerprint density at radius 2 is 0.877 bits per heavy atom. The van der Waals surface area contributed by atoms with Gasteiger partial charge in [0.1, 0.15) is 19.8 Å². The average molecular weight is 933 g/mol. The van der Waals surface area contributed by atoms with E-state index in [-0.39, 0.29) is 32.0 Å². The SMILES string of the molecule is CC/C=C\C/C=C\C/C=C\C/C=C\CCCCCCCCCCCCCCCCC(=O)OC(COC(=O)CCCCCCC/C=C\C/C=C\CCCC)COP(=O)(O)OCC[N+](C)(C)C. The highest BCUT2D eigenvalue weighted by molar-refractivity contribution is 7.47. The van der Waals surface area contributed by atoms with Crippen LogP contribution in [0.2, 0.25) is 0 Å². The molecule has 0 aliphatic heterocycles. The van der Waals surface area contributed by atoms with Crippen molar-refractivity contribution in [1.82, 2.24) is 0 Å². The first-order valence-corrected chi connectivity index (χ1v) is 27.7. The fraction of sp³-hybridized carbons (Fsp3) is 0.745. The molecule has 0 fully saturated rings. The molecule has 0 saturated heterocycles. The number of carbonyl (C=O) groups is 2. The summed E-state index contributed by atoms with van der Waals surface area (Å²) in [5, 5.41) is 0. The molecule has 0 aromatic carbocycles. The van der Waals surface area contributed by atoms with Crippen molar-refractivity contribution in [3.8, 4) is 0 Å². The summed E-state index contributed by atoms with van der Waals surface area (Å²) in [6.45, 7) is 4.26. The maximum atomic E-state index is 12.8. The first kappa shape index (κ1) is 62.4. The van der Waals surface area contributed by atoms with E-state index in [1.54, 1.807) is 0 Å². The molecule has 10 heteroatoms. The number of allylic oxidation sites excluding steroid dienone is 12. The van der Waals surface area contributed by atoms with Crippen molar-refractivity contribution in [3.63, 3.8) is 0 Å². The standard InChI is InChI=1S/C55H98NO8P/c1-6-8-10-12-14-16-18-20-22-23-24-25-26-27-28-29-30-31-32-33-34-36-38-40-42-44-46-48-55(58)64-53(52-63-65(59,60)62-50-49-56(3,4)5)51-61-54(57)47-45-43-41-39-37-35-21-19-17-15-13-11-9-7-2/h8,10,13-16,19-22,24-25,53H,6-7,9,11-12,17-18,23,26-52H2,1-5H3/p+1/b10-8-,15-13-,16-14-,21-19-,22-20-,25-24-. The number of carbonyl (C=O) groups excluding carboxylic acids is 2. The van der Waals surface area contributed by atoms with Crippen LogP contribution < -0.4 is 0 Å². The zero-order valence-electron chi connectivity index (χ0n) is 42.5. The minimum absolute atomic E-state index is 0.0270. The Bertz CT molecular complexity index is 1330.